The molecule has 114 valence electrons. The van der Waals surface area contributed by atoms with Crippen LogP contribution in [0.2, 0.25) is 0 Å². The first-order valence-electron chi connectivity index (χ1n) is 7.40. The molecule has 0 aliphatic rings. The van der Waals surface area contributed by atoms with Crippen LogP contribution in [0, 0.1) is 0 Å². The molecule has 0 unspecified atom stereocenters. The van der Waals surface area contributed by atoms with Gasteiger partial charge in [0.1, 0.15) is 23.8 Å². The third-order valence-corrected chi connectivity index (χ3v) is 3.36. The van der Waals surface area contributed by atoms with Gasteiger partial charge >= 0.3 is 0 Å². The van der Waals surface area contributed by atoms with Crippen LogP contribution in [0.4, 0.5) is 5.69 Å². The Morgan fingerprint density at radius 1 is 0.826 bits per heavy atom. The van der Waals surface area contributed by atoms with Gasteiger partial charge in [-0.15, -0.1) is 0 Å². The van der Waals surface area contributed by atoms with Crippen LogP contribution in [0.25, 0.3) is 0 Å². The summed E-state index contributed by atoms with van der Waals surface area (Å²) in [5.41, 5.74) is 2.63. The molecule has 1 N–H and O–H groups in total. The second-order valence-electron chi connectivity index (χ2n) is 5.09. The zero-order valence-corrected chi connectivity index (χ0v) is 12.6. The van der Waals surface area contributed by atoms with Crippen molar-refractivity contribution in [1.82, 2.24) is 0 Å². The number of rotatable bonds is 5. The van der Waals surface area contributed by atoms with Crippen LogP contribution in [0.3, 0.4) is 0 Å². The highest BCUT2D eigenvalue weighted by atomic mass is 16.5. The summed E-state index contributed by atoms with van der Waals surface area (Å²) in [7, 11) is 0. The highest BCUT2D eigenvalue weighted by Crippen LogP contribution is 2.24. The predicted molar refractivity (Wildman–Crippen MR) is 92.6 cm³/mol. The van der Waals surface area contributed by atoms with Crippen LogP contribution >= 0.6 is 0 Å². The highest BCUT2D eigenvalue weighted by Gasteiger charge is 1.97. The Labute approximate surface area is 135 Å². The van der Waals surface area contributed by atoms with E-state index in [2.05, 4.69) is 4.99 Å². The fourth-order valence-corrected chi connectivity index (χ4v) is 2.11. The average Bonchev–Trinajstić information content (AvgIpc) is 2.61. The van der Waals surface area contributed by atoms with Crippen molar-refractivity contribution in [3.63, 3.8) is 0 Å². The van der Waals surface area contributed by atoms with Crippen molar-refractivity contribution >= 4 is 11.9 Å². The standard InChI is InChI=1S/C20H17NO2/c22-20-9-5-4-8-19(20)21-14-16-10-12-18(13-11-16)23-15-17-6-2-1-3-7-17/h1-14,22H,15H2. The van der Waals surface area contributed by atoms with Crippen molar-refractivity contribution in [2.75, 3.05) is 0 Å². The molecule has 0 heterocycles. The van der Waals surface area contributed by atoms with E-state index in [1.54, 1.807) is 24.4 Å². The molecule has 23 heavy (non-hydrogen) atoms. The molecular formula is C20H17NO2. The molecule has 0 aliphatic carbocycles. The fraction of sp³-hybridized carbons (Fsp3) is 0.0500. The Balaban J connectivity index is 1.62. The van der Waals surface area contributed by atoms with E-state index in [1.165, 1.54) is 0 Å². The number of hydrogen-bond acceptors (Lipinski definition) is 3. The van der Waals surface area contributed by atoms with Crippen LogP contribution in [0.1, 0.15) is 11.1 Å². The van der Waals surface area contributed by atoms with Crippen LogP contribution in [-0.2, 0) is 6.61 Å². The third-order valence-electron chi connectivity index (χ3n) is 3.36. The van der Waals surface area contributed by atoms with E-state index in [1.807, 2.05) is 60.7 Å². The Kier molecular flexibility index (Phi) is 4.69. The van der Waals surface area contributed by atoms with Crippen LogP contribution in [0.5, 0.6) is 11.5 Å². The van der Waals surface area contributed by atoms with Crippen molar-refractivity contribution in [3.8, 4) is 11.5 Å². The number of phenols is 1. The van der Waals surface area contributed by atoms with Crippen molar-refractivity contribution < 1.29 is 9.84 Å². The zero-order chi connectivity index (χ0) is 15.9. The minimum Gasteiger partial charge on any atom is -0.506 e. The lowest BCUT2D eigenvalue weighted by Crippen LogP contribution is -1.94. The van der Waals surface area contributed by atoms with Crippen molar-refractivity contribution in [2.45, 2.75) is 6.61 Å². The quantitative estimate of drug-likeness (QED) is 0.693. The Bertz CT molecular complexity index is 780. The summed E-state index contributed by atoms with van der Waals surface area (Å²) in [6.07, 6.45) is 1.72. The van der Waals surface area contributed by atoms with Gasteiger partial charge in [0.2, 0.25) is 0 Å². The zero-order valence-electron chi connectivity index (χ0n) is 12.6. The van der Waals surface area contributed by atoms with Gasteiger partial charge in [-0.05, 0) is 47.5 Å². The number of phenolic OH excluding ortho intramolecular Hbond substituents is 1. The predicted octanol–water partition coefficient (Wildman–Crippen LogP) is 4.72. The molecule has 0 amide bonds. The van der Waals surface area contributed by atoms with E-state index in [-0.39, 0.29) is 5.75 Å². The number of aromatic hydroxyl groups is 1. The molecule has 0 atom stereocenters. The Morgan fingerprint density at radius 3 is 2.26 bits per heavy atom. The molecule has 0 saturated heterocycles. The molecule has 3 heteroatoms. The number of para-hydroxylation sites is 2. The van der Waals surface area contributed by atoms with Gasteiger partial charge in [-0.1, -0.05) is 42.5 Å². The summed E-state index contributed by atoms with van der Waals surface area (Å²) in [6.45, 7) is 0.548. The van der Waals surface area contributed by atoms with Gasteiger partial charge in [0.05, 0.1) is 0 Å². The maximum absolute atomic E-state index is 9.68. The maximum atomic E-state index is 9.68. The topological polar surface area (TPSA) is 41.8 Å². The maximum Gasteiger partial charge on any atom is 0.141 e. The third kappa shape index (κ3) is 4.20. The summed E-state index contributed by atoms with van der Waals surface area (Å²) in [6, 6.07) is 24.7. The van der Waals surface area contributed by atoms with Gasteiger partial charge in [-0.2, -0.15) is 0 Å². The molecule has 0 bridgehead atoms. The summed E-state index contributed by atoms with van der Waals surface area (Å²) in [5.74, 6) is 0.986. The molecule has 3 rings (SSSR count). The Hall–Kier alpha value is -3.07. The first-order chi connectivity index (χ1) is 11.3. The SMILES string of the molecule is Oc1ccccc1N=Cc1ccc(OCc2ccccc2)cc1. The van der Waals surface area contributed by atoms with E-state index in [9.17, 15) is 5.11 Å². The van der Waals surface area contributed by atoms with Gasteiger partial charge in [0.15, 0.2) is 0 Å². The summed E-state index contributed by atoms with van der Waals surface area (Å²) in [5, 5.41) is 9.68. The Morgan fingerprint density at radius 2 is 1.52 bits per heavy atom. The monoisotopic (exact) mass is 303 g/mol. The van der Waals surface area contributed by atoms with Gasteiger partial charge < -0.3 is 9.84 Å². The van der Waals surface area contributed by atoms with E-state index >= 15 is 0 Å². The van der Waals surface area contributed by atoms with E-state index in [0.717, 1.165) is 16.9 Å². The number of benzene rings is 3. The normalized spacial score (nSPS) is 10.8. The van der Waals surface area contributed by atoms with Gasteiger partial charge in [-0.3, -0.25) is 4.99 Å². The summed E-state index contributed by atoms with van der Waals surface area (Å²) >= 11 is 0. The average molecular weight is 303 g/mol. The van der Waals surface area contributed by atoms with Crippen molar-refractivity contribution in [3.05, 3.63) is 90.0 Å². The molecule has 0 aliphatic heterocycles. The number of aliphatic imine (C=N–C) groups is 1. The molecule has 0 saturated carbocycles. The number of ether oxygens (including phenoxy) is 1. The first kappa shape index (κ1) is 14.9. The molecular weight excluding hydrogens is 286 g/mol. The highest BCUT2D eigenvalue weighted by molar-refractivity contribution is 5.82. The lowest BCUT2D eigenvalue weighted by molar-refractivity contribution is 0.306. The summed E-state index contributed by atoms with van der Waals surface area (Å²) in [4.78, 5) is 4.28. The smallest absolute Gasteiger partial charge is 0.141 e. The molecule has 0 radical (unpaired) electrons. The fourth-order valence-electron chi connectivity index (χ4n) is 2.11. The van der Waals surface area contributed by atoms with Crippen molar-refractivity contribution in [1.29, 1.82) is 0 Å². The van der Waals surface area contributed by atoms with Crippen LogP contribution in [-0.4, -0.2) is 11.3 Å². The van der Waals surface area contributed by atoms with E-state index < -0.39 is 0 Å². The molecule has 0 aromatic heterocycles. The van der Waals surface area contributed by atoms with Gasteiger partial charge in [0.25, 0.3) is 0 Å². The van der Waals surface area contributed by atoms with Crippen LogP contribution < -0.4 is 4.74 Å². The lowest BCUT2D eigenvalue weighted by Gasteiger charge is -2.06. The minimum atomic E-state index is 0.173. The molecule has 3 aromatic rings. The van der Waals surface area contributed by atoms with Gasteiger partial charge in [-0.25, -0.2) is 0 Å². The van der Waals surface area contributed by atoms with Crippen LogP contribution in [0.15, 0.2) is 83.9 Å². The molecule has 0 fully saturated rings. The van der Waals surface area contributed by atoms with Crippen molar-refractivity contribution in [2.24, 2.45) is 4.99 Å². The lowest BCUT2D eigenvalue weighted by atomic mass is 10.2. The summed E-state index contributed by atoms with van der Waals surface area (Å²) < 4.78 is 5.74. The molecule has 3 aromatic carbocycles. The molecule has 0 spiro atoms. The number of nitrogens with zero attached hydrogens (tertiary/aromatic N) is 1. The second-order valence-corrected chi connectivity index (χ2v) is 5.09. The number of hydrogen-bond donors (Lipinski definition) is 1. The molecule has 3 nitrogen and oxygen atoms in total. The first-order valence-corrected chi connectivity index (χ1v) is 7.40. The second kappa shape index (κ2) is 7.27. The minimum absolute atomic E-state index is 0.173. The van der Waals surface area contributed by atoms with E-state index in [0.29, 0.717) is 12.3 Å². The van der Waals surface area contributed by atoms with E-state index in [4.69, 9.17) is 4.74 Å². The largest absolute Gasteiger partial charge is 0.506 e. The van der Waals surface area contributed by atoms with Gasteiger partial charge in [0, 0.05) is 6.21 Å².